The zero-order chi connectivity index (χ0) is 16.4. The maximum absolute atomic E-state index is 5.70. The van der Waals surface area contributed by atoms with E-state index in [2.05, 4.69) is 20.2 Å². The SMILES string of the molecule is Cc1cc(N(C)C)nc([C@@H]2COCCN2Cc2csc(C)n2)n1. The Kier molecular flexibility index (Phi) is 4.89. The smallest absolute Gasteiger partial charge is 0.150 e. The van der Waals surface area contributed by atoms with E-state index in [1.807, 2.05) is 38.9 Å². The molecule has 0 saturated carbocycles. The highest BCUT2D eigenvalue weighted by Gasteiger charge is 2.28. The number of ether oxygens (including phenoxy) is 1. The molecule has 0 bridgehead atoms. The Morgan fingerprint density at radius 3 is 2.83 bits per heavy atom. The third-order valence-electron chi connectivity index (χ3n) is 3.89. The number of anilines is 1. The highest BCUT2D eigenvalue weighted by atomic mass is 32.1. The van der Waals surface area contributed by atoms with Crippen LogP contribution in [-0.2, 0) is 11.3 Å². The van der Waals surface area contributed by atoms with Crippen molar-refractivity contribution >= 4 is 17.2 Å². The van der Waals surface area contributed by atoms with Gasteiger partial charge in [0.2, 0.25) is 0 Å². The molecule has 1 aliphatic rings. The molecular weight excluding hydrogens is 310 g/mol. The Bertz CT molecular complexity index is 672. The molecular formula is C16H23N5OS. The maximum Gasteiger partial charge on any atom is 0.150 e. The summed E-state index contributed by atoms with van der Waals surface area (Å²) in [6.07, 6.45) is 0. The first-order valence-corrected chi connectivity index (χ1v) is 8.66. The molecule has 0 amide bonds. The Labute approximate surface area is 141 Å². The van der Waals surface area contributed by atoms with Crippen molar-refractivity contribution in [3.05, 3.63) is 33.7 Å². The van der Waals surface area contributed by atoms with Crippen molar-refractivity contribution in [3.63, 3.8) is 0 Å². The molecule has 7 heteroatoms. The van der Waals surface area contributed by atoms with Crippen molar-refractivity contribution in [1.82, 2.24) is 19.9 Å². The summed E-state index contributed by atoms with van der Waals surface area (Å²) >= 11 is 1.69. The van der Waals surface area contributed by atoms with Crippen LogP contribution in [0.1, 0.15) is 28.3 Å². The van der Waals surface area contributed by atoms with Gasteiger partial charge in [-0.15, -0.1) is 11.3 Å². The lowest BCUT2D eigenvalue weighted by Crippen LogP contribution is -2.40. The van der Waals surface area contributed by atoms with Gasteiger partial charge in [0, 0.05) is 44.3 Å². The first-order chi connectivity index (χ1) is 11.0. The molecule has 0 unspecified atom stereocenters. The minimum atomic E-state index is 0.0735. The van der Waals surface area contributed by atoms with Gasteiger partial charge in [-0.25, -0.2) is 15.0 Å². The van der Waals surface area contributed by atoms with Crippen LogP contribution in [0, 0.1) is 13.8 Å². The molecule has 1 saturated heterocycles. The van der Waals surface area contributed by atoms with E-state index < -0.39 is 0 Å². The summed E-state index contributed by atoms with van der Waals surface area (Å²) in [6, 6.07) is 2.07. The van der Waals surface area contributed by atoms with Crippen molar-refractivity contribution in [2.45, 2.75) is 26.4 Å². The number of nitrogens with zero attached hydrogens (tertiary/aromatic N) is 5. The van der Waals surface area contributed by atoms with Crippen molar-refractivity contribution in [2.75, 3.05) is 38.8 Å². The Hall–Kier alpha value is -1.57. The largest absolute Gasteiger partial charge is 0.378 e. The summed E-state index contributed by atoms with van der Waals surface area (Å²) in [5.74, 6) is 1.77. The van der Waals surface area contributed by atoms with Gasteiger partial charge in [0.1, 0.15) is 11.6 Å². The molecule has 1 fully saturated rings. The summed E-state index contributed by atoms with van der Waals surface area (Å²) in [4.78, 5) is 18.3. The normalized spacial score (nSPS) is 19.0. The average molecular weight is 333 g/mol. The lowest BCUT2D eigenvalue weighted by atomic mass is 10.2. The maximum atomic E-state index is 5.70. The predicted octanol–water partition coefficient (Wildman–Crippen LogP) is 2.19. The summed E-state index contributed by atoms with van der Waals surface area (Å²) in [6.45, 7) is 7.10. The van der Waals surface area contributed by atoms with Gasteiger partial charge in [-0.3, -0.25) is 4.90 Å². The third kappa shape index (κ3) is 3.85. The van der Waals surface area contributed by atoms with E-state index in [4.69, 9.17) is 9.72 Å². The van der Waals surface area contributed by atoms with Gasteiger partial charge in [-0.1, -0.05) is 0 Å². The van der Waals surface area contributed by atoms with E-state index in [1.165, 1.54) is 0 Å². The number of hydrogen-bond donors (Lipinski definition) is 0. The number of thiazole rings is 1. The molecule has 2 aromatic heterocycles. The molecule has 3 rings (SSSR count). The van der Waals surface area contributed by atoms with Gasteiger partial charge in [-0.05, 0) is 13.8 Å². The van der Waals surface area contributed by atoms with Crippen molar-refractivity contribution < 1.29 is 4.74 Å². The van der Waals surface area contributed by atoms with E-state index in [-0.39, 0.29) is 6.04 Å². The highest BCUT2D eigenvalue weighted by Crippen LogP contribution is 2.25. The molecule has 1 aliphatic heterocycles. The molecule has 0 aromatic carbocycles. The van der Waals surface area contributed by atoms with Crippen molar-refractivity contribution in [3.8, 4) is 0 Å². The molecule has 6 nitrogen and oxygen atoms in total. The first-order valence-electron chi connectivity index (χ1n) is 7.78. The van der Waals surface area contributed by atoms with Gasteiger partial charge < -0.3 is 9.64 Å². The molecule has 0 N–H and O–H groups in total. The van der Waals surface area contributed by atoms with Crippen LogP contribution in [0.15, 0.2) is 11.4 Å². The second-order valence-electron chi connectivity index (χ2n) is 6.04. The molecule has 1 atom stereocenters. The number of aromatic nitrogens is 3. The van der Waals surface area contributed by atoms with Crippen molar-refractivity contribution in [1.29, 1.82) is 0 Å². The molecule has 2 aromatic rings. The van der Waals surface area contributed by atoms with Gasteiger partial charge in [0.05, 0.1) is 30.0 Å². The molecule has 0 aliphatic carbocycles. The van der Waals surface area contributed by atoms with Crippen LogP contribution < -0.4 is 4.90 Å². The lowest BCUT2D eigenvalue weighted by molar-refractivity contribution is -0.0164. The molecule has 0 radical (unpaired) electrons. The Morgan fingerprint density at radius 1 is 1.30 bits per heavy atom. The van der Waals surface area contributed by atoms with Gasteiger partial charge in [0.15, 0.2) is 0 Å². The van der Waals surface area contributed by atoms with E-state index in [0.29, 0.717) is 6.61 Å². The van der Waals surface area contributed by atoms with Crippen LogP contribution in [0.25, 0.3) is 0 Å². The van der Waals surface area contributed by atoms with Crippen LogP contribution >= 0.6 is 11.3 Å². The predicted molar refractivity (Wildman–Crippen MR) is 91.9 cm³/mol. The highest BCUT2D eigenvalue weighted by molar-refractivity contribution is 7.09. The standard InChI is InChI=1S/C16H23N5OS/c1-11-7-15(20(3)4)19-16(17-11)14-9-22-6-5-21(14)8-13-10-23-12(2)18-13/h7,10,14H,5-6,8-9H2,1-4H3/t14-/m0/s1. The number of hydrogen-bond acceptors (Lipinski definition) is 7. The summed E-state index contributed by atoms with van der Waals surface area (Å²) in [7, 11) is 4.00. The average Bonchev–Trinajstić information content (AvgIpc) is 2.92. The number of morpholine rings is 1. The molecule has 124 valence electrons. The third-order valence-corrected chi connectivity index (χ3v) is 4.71. The molecule has 0 spiro atoms. The number of aryl methyl sites for hydroxylation is 2. The second-order valence-corrected chi connectivity index (χ2v) is 7.10. The fraction of sp³-hybridized carbons (Fsp3) is 0.562. The molecule has 3 heterocycles. The van der Waals surface area contributed by atoms with Gasteiger partial charge in [0.25, 0.3) is 0 Å². The summed E-state index contributed by atoms with van der Waals surface area (Å²) in [5.41, 5.74) is 2.09. The van der Waals surface area contributed by atoms with Gasteiger partial charge in [-0.2, -0.15) is 0 Å². The van der Waals surface area contributed by atoms with E-state index >= 15 is 0 Å². The lowest BCUT2D eigenvalue weighted by Gasteiger charge is -2.34. The zero-order valence-corrected chi connectivity index (χ0v) is 14.9. The van der Waals surface area contributed by atoms with Crippen LogP contribution in [-0.4, -0.2) is 53.7 Å². The van der Waals surface area contributed by atoms with Gasteiger partial charge >= 0.3 is 0 Å². The van der Waals surface area contributed by atoms with E-state index in [0.717, 1.165) is 47.7 Å². The summed E-state index contributed by atoms with van der Waals surface area (Å²) in [5, 5.41) is 3.23. The van der Waals surface area contributed by atoms with E-state index in [1.54, 1.807) is 11.3 Å². The zero-order valence-electron chi connectivity index (χ0n) is 14.1. The topological polar surface area (TPSA) is 54.4 Å². The Morgan fingerprint density at radius 2 is 2.13 bits per heavy atom. The minimum absolute atomic E-state index is 0.0735. The van der Waals surface area contributed by atoms with Crippen LogP contribution in [0.2, 0.25) is 0 Å². The molecule has 23 heavy (non-hydrogen) atoms. The fourth-order valence-corrected chi connectivity index (χ4v) is 3.31. The summed E-state index contributed by atoms with van der Waals surface area (Å²) < 4.78 is 5.70. The second kappa shape index (κ2) is 6.90. The fourth-order valence-electron chi connectivity index (χ4n) is 2.71. The first kappa shape index (κ1) is 16.3. The van der Waals surface area contributed by atoms with Crippen LogP contribution in [0.4, 0.5) is 5.82 Å². The quantitative estimate of drug-likeness (QED) is 0.855. The monoisotopic (exact) mass is 333 g/mol. The van der Waals surface area contributed by atoms with Crippen molar-refractivity contribution in [2.24, 2.45) is 0 Å². The Balaban J connectivity index is 1.86. The number of rotatable bonds is 4. The van der Waals surface area contributed by atoms with Crippen LogP contribution in [0.5, 0.6) is 0 Å². The minimum Gasteiger partial charge on any atom is -0.378 e. The van der Waals surface area contributed by atoms with E-state index in [9.17, 15) is 0 Å². The van der Waals surface area contributed by atoms with Crippen LogP contribution in [0.3, 0.4) is 0 Å².